The van der Waals surface area contributed by atoms with Crippen LogP contribution in [0.5, 0.6) is 0 Å². The number of hydrogen-bond donors (Lipinski definition) is 1. The minimum atomic E-state index is -3.49. The maximum Gasteiger partial charge on any atom is 0.245 e. The second-order valence-corrected chi connectivity index (χ2v) is 6.31. The van der Waals surface area contributed by atoms with E-state index in [1.807, 2.05) is 26.8 Å². The van der Waals surface area contributed by atoms with Crippen molar-refractivity contribution in [2.45, 2.75) is 39.0 Å². The standard InChI is InChI=1S/C13H22N2O2S/c1-5-9-15(6-2)18(16,17)13-11(4)8-7-10(3)12(13)14/h7-8H,5-6,9,14H2,1-4H3. The molecule has 0 fully saturated rings. The van der Waals surface area contributed by atoms with E-state index in [4.69, 9.17) is 5.73 Å². The molecule has 18 heavy (non-hydrogen) atoms. The van der Waals surface area contributed by atoms with Crippen LogP contribution in [0.1, 0.15) is 31.4 Å². The zero-order valence-corrected chi connectivity index (χ0v) is 12.3. The van der Waals surface area contributed by atoms with E-state index in [9.17, 15) is 8.42 Å². The topological polar surface area (TPSA) is 63.4 Å². The molecular formula is C13H22N2O2S. The molecule has 0 bridgehead atoms. The van der Waals surface area contributed by atoms with E-state index in [2.05, 4.69) is 0 Å². The summed E-state index contributed by atoms with van der Waals surface area (Å²) in [4.78, 5) is 0.262. The summed E-state index contributed by atoms with van der Waals surface area (Å²) >= 11 is 0. The number of hydrogen-bond acceptors (Lipinski definition) is 3. The number of nitrogens with zero attached hydrogens (tertiary/aromatic N) is 1. The smallest absolute Gasteiger partial charge is 0.245 e. The minimum Gasteiger partial charge on any atom is -0.397 e. The first-order valence-corrected chi connectivity index (χ1v) is 7.66. The molecule has 0 saturated heterocycles. The first-order valence-electron chi connectivity index (χ1n) is 6.22. The Kier molecular flexibility index (Phi) is 4.76. The van der Waals surface area contributed by atoms with Gasteiger partial charge in [-0.1, -0.05) is 26.0 Å². The summed E-state index contributed by atoms with van der Waals surface area (Å²) in [5, 5.41) is 0. The zero-order chi connectivity index (χ0) is 13.9. The van der Waals surface area contributed by atoms with Crippen molar-refractivity contribution in [1.82, 2.24) is 4.31 Å². The van der Waals surface area contributed by atoms with Crippen molar-refractivity contribution in [3.8, 4) is 0 Å². The maximum absolute atomic E-state index is 12.6. The number of rotatable bonds is 5. The fraction of sp³-hybridized carbons (Fsp3) is 0.538. The lowest BCUT2D eigenvalue weighted by Gasteiger charge is -2.22. The molecule has 1 aromatic rings. The largest absolute Gasteiger partial charge is 0.397 e. The first kappa shape index (κ1) is 15.0. The Hall–Kier alpha value is -1.07. The molecule has 0 heterocycles. The van der Waals surface area contributed by atoms with Crippen LogP contribution in [0.25, 0.3) is 0 Å². The van der Waals surface area contributed by atoms with Gasteiger partial charge in [-0.15, -0.1) is 0 Å². The number of aryl methyl sites for hydroxylation is 2. The summed E-state index contributed by atoms with van der Waals surface area (Å²) in [5.41, 5.74) is 7.82. The van der Waals surface area contributed by atoms with Crippen molar-refractivity contribution in [2.24, 2.45) is 0 Å². The third kappa shape index (κ3) is 2.67. The van der Waals surface area contributed by atoms with Crippen LogP contribution in [0, 0.1) is 13.8 Å². The number of nitrogens with two attached hydrogens (primary N) is 1. The summed E-state index contributed by atoms with van der Waals surface area (Å²) in [7, 11) is -3.49. The Morgan fingerprint density at radius 2 is 1.72 bits per heavy atom. The second-order valence-electron chi connectivity index (χ2n) is 4.44. The van der Waals surface area contributed by atoms with Crippen molar-refractivity contribution >= 4 is 15.7 Å². The molecule has 2 N–H and O–H groups in total. The Bertz CT molecular complexity index is 524. The van der Waals surface area contributed by atoms with Gasteiger partial charge in [-0.25, -0.2) is 8.42 Å². The molecule has 0 radical (unpaired) electrons. The van der Waals surface area contributed by atoms with Crippen LogP contribution in [-0.2, 0) is 10.0 Å². The number of anilines is 1. The molecule has 0 unspecified atom stereocenters. The predicted molar refractivity (Wildman–Crippen MR) is 75.1 cm³/mol. The van der Waals surface area contributed by atoms with Crippen LogP contribution in [-0.4, -0.2) is 25.8 Å². The van der Waals surface area contributed by atoms with E-state index in [-0.39, 0.29) is 4.90 Å². The lowest BCUT2D eigenvalue weighted by atomic mass is 10.1. The lowest BCUT2D eigenvalue weighted by molar-refractivity contribution is 0.427. The maximum atomic E-state index is 12.6. The number of benzene rings is 1. The van der Waals surface area contributed by atoms with Gasteiger partial charge in [-0.05, 0) is 31.4 Å². The minimum absolute atomic E-state index is 0.262. The van der Waals surface area contributed by atoms with E-state index in [0.717, 1.165) is 12.0 Å². The molecule has 0 spiro atoms. The molecule has 0 saturated carbocycles. The van der Waals surface area contributed by atoms with Gasteiger partial charge in [0, 0.05) is 13.1 Å². The highest BCUT2D eigenvalue weighted by atomic mass is 32.2. The summed E-state index contributed by atoms with van der Waals surface area (Å²) < 4.78 is 26.7. The first-order chi connectivity index (χ1) is 8.36. The Balaban J connectivity index is 3.40. The van der Waals surface area contributed by atoms with Gasteiger partial charge in [0.15, 0.2) is 0 Å². The highest BCUT2D eigenvalue weighted by molar-refractivity contribution is 7.89. The average Bonchev–Trinajstić information content (AvgIpc) is 2.30. The van der Waals surface area contributed by atoms with E-state index < -0.39 is 10.0 Å². The van der Waals surface area contributed by atoms with Crippen LogP contribution in [0.3, 0.4) is 0 Å². The van der Waals surface area contributed by atoms with Crippen LogP contribution in [0.4, 0.5) is 5.69 Å². The summed E-state index contributed by atoms with van der Waals surface area (Å²) in [6.45, 7) is 8.39. The molecule has 5 heteroatoms. The molecule has 4 nitrogen and oxygen atoms in total. The van der Waals surface area contributed by atoms with Gasteiger partial charge < -0.3 is 5.73 Å². The highest BCUT2D eigenvalue weighted by Crippen LogP contribution is 2.28. The van der Waals surface area contributed by atoms with E-state index in [1.54, 1.807) is 13.0 Å². The van der Waals surface area contributed by atoms with Crippen molar-refractivity contribution in [3.63, 3.8) is 0 Å². The van der Waals surface area contributed by atoms with Gasteiger partial charge in [0.1, 0.15) is 4.90 Å². The average molecular weight is 270 g/mol. The molecule has 1 aromatic carbocycles. The van der Waals surface area contributed by atoms with E-state index >= 15 is 0 Å². The molecule has 0 aromatic heterocycles. The van der Waals surface area contributed by atoms with Crippen LogP contribution >= 0.6 is 0 Å². The van der Waals surface area contributed by atoms with Gasteiger partial charge in [-0.3, -0.25) is 0 Å². The van der Waals surface area contributed by atoms with Crippen molar-refractivity contribution in [1.29, 1.82) is 0 Å². The van der Waals surface area contributed by atoms with Gasteiger partial charge in [0.05, 0.1) is 5.69 Å². The molecule has 0 aliphatic carbocycles. The molecule has 0 aliphatic rings. The summed E-state index contributed by atoms with van der Waals surface area (Å²) in [6, 6.07) is 3.65. The third-order valence-electron chi connectivity index (χ3n) is 3.03. The zero-order valence-electron chi connectivity index (χ0n) is 11.5. The van der Waals surface area contributed by atoms with Crippen molar-refractivity contribution in [2.75, 3.05) is 18.8 Å². The van der Waals surface area contributed by atoms with E-state index in [0.29, 0.717) is 24.3 Å². The number of nitrogen functional groups attached to an aromatic ring is 1. The second kappa shape index (κ2) is 5.71. The van der Waals surface area contributed by atoms with Gasteiger partial charge >= 0.3 is 0 Å². The van der Waals surface area contributed by atoms with Crippen LogP contribution in [0.2, 0.25) is 0 Å². The molecule has 0 amide bonds. The van der Waals surface area contributed by atoms with Gasteiger partial charge in [0.2, 0.25) is 10.0 Å². The highest BCUT2D eigenvalue weighted by Gasteiger charge is 2.27. The Morgan fingerprint density at radius 1 is 1.17 bits per heavy atom. The Morgan fingerprint density at radius 3 is 2.22 bits per heavy atom. The fourth-order valence-corrected chi connectivity index (χ4v) is 3.91. The summed E-state index contributed by atoms with van der Waals surface area (Å²) in [5.74, 6) is 0. The third-order valence-corrected chi connectivity index (χ3v) is 5.21. The molecule has 1 rings (SSSR count). The molecule has 102 valence electrons. The Labute approximate surface area is 110 Å². The quantitative estimate of drug-likeness (QED) is 0.835. The number of sulfonamides is 1. The molecule has 0 atom stereocenters. The monoisotopic (exact) mass is 270 g/mol. The van der Waals surface area contributed by atoms with Crippen molar-refractivity contribution < 1.29 is 8.42 Å². The van der Waals surface area contributed by atoms with Gasteiger partial charge in [-0.2, -0.15) is 4.31 Å². The molecular weight excluding hydrogens is 248 g/mol. The summed E-state index contributed by atoms with van der Waals surface area (Å²) in [6.07, 6.45) is 0.790. The molecule has 0 aliphatic heterocycles. The van der Waals surface area contributed by atoms with Gasteiger partial charge in [0.25, 0.3) is 0 Å². The predicted octanol–water partition coefficient (Wildman–Crippen LogP) is 2.31. The van der Waals surface area contributed by atoms with E-state index in [1.165, 1.54) is 4.31 Å². The normalized spacial score (nSPS) is 12.1. The van der Waals surface area contributed by atoms with Crippen LogP contribution in [0.15, 0.2) is 17.0 Å². The fourth-order valence-electron chi connectivity index (χ4n) is 1.98. The van der Waals surface area contributed by atoms with Crippen molar-refractivity contribution in [3.05, 3.63) is 23.3 Å². The lowest BCUT2D eigenvalue weighted by Crippen LogP contribution is -2.32. The SMILES string of the molecule is CCCN(CC)S(=O)(=O)c1c(C)ccc(C)c1N. The van der Waals surface area contributed by atoms with Crippen LogP contribution < -0.4 is 5.73 Å².